The van der Waals surface area contributed by atoms with Crippen LogP contribution in [-0.2, 0) is 14.3 Å². The molecule has 0 aromatic rings. The van der Waals surface area contributed by atoms with Crippen LogP contribution in [0.2, 0.25) is 0 Å². The second-order valence-electron chi connectivity index (χ2n) is 3.71. The van der Waals surface area contributed by atoms with E-state index in [1.165, 1.54) is 6.26 Å². The number of carbonyl (C=O) groups is 2. The Morgan fingerprint density at radius 2 is 2.13 bits per heavy atom. The Balaban J connectivity index is 2.17. The monoisotopic (exact) mass is 200 g/mol. The fraction of sp³-hybridized carbons (Fsp3) is 0.167. The number of esters is 1. The lowest BCUT2D eigenvalue weighted by Crippen LogP contribution is -2.19. The van der Waals surface area contributed by atoms with Crippen molar-refractivity contribution in [3.63, 3.8) is 0 Å². The van der Waals surface area contributed by atoms with E-state index in [9.17, 15) is 9.59 Å². The van der Waals surface area contributed by atoms with Crippen LogP contribution in [0.1, 0.15) is 6.42 Å². The smallest absolute Gasteiger partial charge is 0.322 e. The lowest BCUT2D eigenvalue weighted by Gasteiger charge is -2.19. The molecule has 0 saturated heterocycles. The predicted octanol–water partition coefficient (Wildman–Crippen LogP) is 1.44. The minimum atomic E-state index is -0.376. The van der Waals surface area contributed by atoms with Crippen molar-refractivity contribution in [2.24, 2.45) is 5.92 Å². The highest BCUT2D eigenvalue weighted by atomic mass is 16.5. The summed E-state index contributed by atoms with van der Waals surface area (Å²) >= 11 is 0. The molecule has 0 amide bonds. The highest BCUT2D eigenvalue weighted by Crippen LogP contribution is 2.37. The summed E-state index contributed by atoms with van der Waals surface area (Å²) in [5.74, 6) is -0.610. The normalized spacial score (nSPS) is 27.5. The zero-order valence-corrected chi connectivity index (χ0v) is 7.90. The van der Waals surface area contributed by atoms with E-state index in [1.807, 2.05) is 18.2 Å². The molecule has 1 atom stereocenters. The summed E-state index contributed by atoms with van der Waals surface area (Å²) in [6.07, 6.45) is 9.16. The highest BCUT2D eigenvalue weighted by Gasteiger charge is 2.36. The molecule has 0 aromatic carbocycles. The van der Waals surface area contributed by atoms with Crippen LogP contribution in [0.25, 0.3) is 0 Å². The molecular formula is C12H8O3. The van der Waals surface area contributed by atoms with E-state index in [-0.39, 0.29) is 17.7 Å². The standard InChI is InChI=1S/C12H8O3/c13-10-3-1-2-7-4-5-8-9(11(7)10)6-15-12(8)14/h1-2,4-6,8H,3H2. The van der Waals surface area contributed by atoms with Crippen molar-refractivity contribution in [3.05, 3.63) is 47.3 Å². The Labute approximate surface area is 86.4 Å². The molecule has 3 rings (SSSR count). The molecule has 0 aromatic heterocycles. The molecule has 1 unspecified atom stereocenters. The van der Waals surface area contributed by atoms with Gasteiger partial charge in [0, 0.05) is 17.6 Å². The topological polar surface area (TPSA) is 43.4 Å². The molecule has 15 heavy (non-hydrogen) atoms. The van der Waals surface area contributed by atoms with Gasteiger partial charge >= 0.3 is 5.97 Å². The van der Waals surface area contributed by atoms with E-state index in [1.54, 1.807) is 6.08 Å². The number of carbonyl (C=O) groups excluding carboxylic acids is 2. The lowest BCUT2D eigenvalue weighted by molar-refractivity contribution is -0.137. The number of ketones is 1. The molecule has 0 bridgehead atoms. The molecule has 3 heteroatoms. The zero-order valence-electron chi connectivity index (χ0n) is 7.90. The summed E-state index contributed by atoms with van der Waals surface area (Å²) in [4.78, 5) is 23.0. The van der Waals surface area contributed by atoms with Gasteiger partial charge in [-0.2, -0.15) is 0 Å². The number of rotatable bonds is 0. The number of ether oxygens (including phenoxy) is 1. The van der Waals surface area contributed by atoms with Crippen molar-refractivity contribution in [2.75, 3.05) is 0 Å². The van der Waals surface area contributed by atoms with Crippen molar-refractivity contribution in [2.45, 2.75) is 6.42 Å². The van der Waals surface area contributed by atoms with Gasteiger partial charge in [0.2, 0.25) is 0 Å². The summed E-state index contributed by atoms with van der Waals surface area (Å²) in [6, 6.07) is 0. The van der Waals surface area contributed by atoms with Crippen LogP contribution in [0.3, 0.4) is 0 Å². The third-order valence-corrected chi connectivity index (χ3v) is 2.82. The van der Waals surface area contributed by atoms with E-state index in [0.717, 1.165) is 5.57 Å². The Bertz CT molecular complexity index is 489. The van der Waals surface area contributed by atoms with E-state index < -0.39 is 0 Å². The van der Waals surface area contributed by atoms with Gasteiger partial charge in [-0.05, 0) is 5.57 Å². The molecule has 74 valence electrons. The van der Waals surface area contributed by atoms with Gasteiger partial charge in [0.25, 0.3) is 0 Å². The summed E-state index contributed by atoms with van der Waals surface area (Å²) < 4.78 is 4.83. The SMILES string of the molecule is O=C1CC=CC2=C1C1=COC(=O)C1C=C2. The average Bonchev–Trinajstić information content (AvgIpc) is 2.61. The maximum absolute atomic E-state index is 11.7. The number of cyclic esters (lactones) is 1. The predicted molar refractivity (Wildman–Crippen MR) is 52.6 cm³/mol. The fourth-order valence-corrected chi connectivity index (χ4v) is 2.10. The maximum Gasteiger partial charge on any atom is 0.322 e. The van der Waals surface area contributed by atoms with E-state index in [2.05, 4.69) is 0 Å². The first-order valence-electron chi connectivity index (χ1n) is 4.80. The van der Waals surface area contributed by atoms with Gasteiger partial charge in [0.1, 0.15) is 5.92 Å². The Morgan fingerprint density at radius 3 is 3.00 bits per heavy atom. The molecule has 0 N–H and O–H groups in total. The number of hydrogen-bond acceptors (Lipinski definition) is 3. The van der Waals surface area contributed by atoms with E-state index in [0.29, 0.717) is 17.6 Å². The lowest BCUT2D eigenvalue weighted by atomic mass is 9.81. The number of Topliss-reactive ketones (excluding diaryl/α,β-unsaturated/α-hetero) is 1. The molecule has 2 aliphatic carbocycles. The number of fused-ring (bicyclic) bond motifs is 2. The van der Waals surface area contributed by atoms with Crippen LogP contribution in [0.4, 0.5) is 0 Å². The van der Waals surface area contributed by atoms with Gasteiger partial charge in [-0.1, -0.05) is 24.3 Å². The summed E-state index contributed by atoms with van der Waals surface area (Å²) in [6.45, 7) is 0. The van der Waals surface area contributed by atoms with Crippen LogP contribution >= 0.6 is 0 Å². The Kier molecular flexibility index (Phi) is 1.57. The first kappa shape index (κ1) is 8.41. The molecule has 3 aliphatic rings. The van der Waals surface area contributed by atoms with Crippen molar-refractivity contribution < 1.29 is 14.3 Å². The molecule has 0 spiro atoms. The van der Waals surface area contributed by atoms with Gasteiger partial charge < -0.3 is 4.74 Å². The van der Waals surface area contributed by atoms with E-state index in [4.69, 9.17) is 4.74 Å². The van der Waals surface area contributed by atoms with Crippen molar-refractivity contribution in [3.8, 4) is 0 Å². The molecule has 1 aliphatic heterocycles. The number of hydrogen-bond donors (Lipinski definition) is 0. The molecule has 0 fully saturated rings. The highest BCUT2D eigenvalue weighted by molar-refractivity contribution is 6.06. The second-order valence-corrected chi connectivity index (χ2v) is 3.71. The van der Waals surface area contributed by atoms with Crippen LogP contribution in [-0.4, -0.2) is 11.8 Å². The third-order valence-electron chi connectivity index (χ3n) is 2.82. The minimum absolute atomic E-state index is 0.0615. The van der Waals surface area contributed by atoms with Gasteiger partial charge in [-0.15, -0.1) is 0 Å². The molecule has 0 radical (unpaired) electrons. The first-order chi connectivity index (χ1) is 7.27. The summed E-state index contributed by atoms with van der Waals surface area (Å²) in [7, 11) is 0. The van der Waals surface area contributed by atoms with Crippen molar-refractivity contribution in [1.29, 1.82) is 0 Å². The zero-order chi connectivity index (χ0) is 10.4. The van der Waals surface area contributed by atoms with Crippen LogP contribution < -0.4 is 0 Å². The van der Waals surface area contributed by atoms with Crippen molar-refractivity contribution >= 4 is 11.8 Å². The Hall–Kier alpha value is -1.90. The first-order valence-corrected chi connectivity index (χ1v) is 4.80. The average molecular weight is 200 g/mol. The molecule has 0 saturated carbocycles. The summed E-state index contributed by atoms with van der Waals surface area (Å²) in [5.41, 5.74) is 2.25. The Morgan fingerprint density at radius 1 is 1.27 bits per heavy atom. The molecule has 3 nitrogen and oxygen atoms in total. The van der Waals surface area contributed by atoms with Crippen molar-refractivity contribution in [1.82, 2.24) is 0 Å². The van der Waals surface area contributed by atoms with Crippen LogP contribution in [0.5, 0.6) is 0 Å². The van der Waals surface area contributed by atoms with Gasteiger partial charge in [-0.3, -0.25) is 9.59 Å². The third kappa shape index (κ3) is 1.06. The minimum Gasteiger partial charge on any atom is -0.433 e. The van der Waals surface area contributed by atoms with Gasteiger partial charge in [-0.25, -0.2) is 0 Å². The molecule has 1 heterocycles. The van der Waals surface area contributed by atoms with Crippen LogP contribution in [0, 0.1) is 5.92 Å². The van der Waals surface area contributed by atoms with Gasteiger partial charge in [0.05, 0.1) is 6.26 Å². The number of allylic oxidation sites excluding steroid dienone is 5. The van der Waals surface area contributed by atoms with Gasteiger partial charge in [0.15, 0.2) is 5.78 Å². The van der Waals surface area contributed by atoms with Crippen LogP contribution in [0.15, 0.2) is 47.3 Å². The quantitative estimate of drug-likeness (QED) is 0.556. The molecular weight excluding hydrogens is 192 g/mol. The fourth-order valence-electron chi connectivity index (χ4n) is 2.10. The largest absolute Gasteiger partial charge is 0.433 e. The second kappa shape index (κ2) is 2.79. The van der Waals surface area contributed by atoms with E-state index >= 15 is 0 Å². The summed E-state index contributed by atoms with van der Waals surface area (Å²) in [5, 5.41) is 0. The maximum atomic E-state index is 11.7.